The molecule has 0 aliphatic carbocycles. The van der Waals surface area contributed by atoms with Gasteiger partial charge < -0.3 is 15.3 Å². The van der Waals surface area contributed by atoms with Crippen molar-refractivity contribution in [1.82, 2.24) is 20.2 Å². The van der Waals surface area contributed by atoms with Crippen molar-refractivity contribution in [3.8, 4) is 0 Å². The number of aliphatic hydroxyl groups is 1. The van der Waals surface area contributed by atoms with Crippen LogP contribution in [0.1, 0.15) is 6.42 Å². The monoisotopic (exact) mass is 335 g/mol. The van der Waals surface area contributed by atoms with E-state index in [0.29, 0.717) is 0 Å². The van der Waals surface area contributed by atoms with Gasteiger partial charge in [-0.1, -0.05) is 0 Å². The fraction of sp³-hybridized carbons (Fsp3) is 0.692. The van der Waals surface area contributed by atoms with Crippen LogP contribution in [0.25, 0.3) is 0 Å². The van der Waals surface area contributed by atoms with Crippen molar-refractivity contribution in [2.75, 3.05) is 50.7 Å². The Kier molecular flexibility index (Phi) is 7.09. The molecule has 0 radical (unpaired) electrons. The van der Waals surface area contributed by atoms with Crippen molar-refractivity contribution in [3.05, 3.63) is 18.5 Å². The van der Waals surface area contributed by atoms with Crippen molar-refractivity contribution < 1.29 is 5.11 Å². The molecule has 1 atom stereocenters. The van der Waals surface area contributed by atoms with Gasteiger partial charge in [-0.15, -0.1) is 24.8 Å². The molecule has 2 aliphatic heterocycles. The van der Waals surface area contributed by atoms with Crippen LogP contribution in [-0.2, 0) is 0 Å². The number of rotatable bonds is 3. The molecule has 3 heterocycles. The number of hydrogen-bond donors (Lipinski definition) is 2. The van der Waals surface area contributed by atoms with Crippen molar-refractivity contribution in [1.29, 1.82) is 0 Å². The minimum atomic E-state index is -0.536. The molecule has 8 heteroatoms. The van der Waals surface area contributed by atoms with E-state index in [1.807, 2.05) is 6.07 Å². The third kappa shape index (κ3) is 4.66. The number of nitrogens with zero attached hydrogens (tertiary/aromatic N) is 4. The highest BCUT2D eigenvalue weighted by Gasteiger charge is 2.34. The number of halogens is 2. The molecule has 3 rings (SSSR count). The van der Waals surface area contributed by atoms with Gasteiger partial charge in [-0.05, 0) is 19.0 Å². The zero-order chi connectivity index (χ0) is 13.1. The molecule has 2 N–H and O–H groups in total. The number of β-amino-alcohol motifs (C(OH)–C–C–N with tert-alkyl or cyclic N) is 1. The zero-order valence-electron chi connectivity index (χ0n) is 11.9. The van der Waals surface area contributed by atoms with Crippen molar-refractivity contribution in [2.45, 2.75) is 12.0 Å². The van der Waals surface area contributed by atoms with E-state index in [4.69, 9.17) is 0 Å². The average molecular weight is 336 g/mol. The van der Waals surface area contributed by atoms with E-state index in [-0.39, 0.29) is 24.8 Å². The molecular weight excluding hydrogens is 313 g/mol. The first-order valence-electron chi connectivity index (χ1n) is 6.93. The maximum atomic E-state index is 10.4. The first-order valence-corrected chi connectivity index (χ1v) is 6.93. The summed E-state index contributed by atoms with van der Waals surface area (Å²) in [4.78, 5) is 13.1. The number of nitrogens with one attached hydrogen (secondary N) is 1. The predicted molar refractivity (Wildman–Crippen MR) is 87.6 cm³/mol. The summed E-state index contributed by atoms with van der Waals surface area (Å²) in [7, 11) is 0. The predicted octanol–water partition coefficient (Wildman–Crippen LogP) is 0.167. The minimum Gasteiger partial charge on any atom is -0.387 e. The molecular formula is C13H23Cl2N5O. The Morgan fingerprint density at radius 3 is 2.38 bits per heavy atom. The van der Waals surface area contributed by atoms with Gasteiger partial charge in [0, 0.05) is 51.7 Å². The third-order valence-electron chi connectivity index (χ3n) is 3.95. The van der Waals surface area contributed by atoms with Gasteiger partial charge in [0.25, 0.3) is 0 Å². The highest BCUT2D eigenvalue weighted by Crippen LogP contribution is 2.18. The average Bonchev–Trinajstić information content (AvgIpc) is 2.87. The van der Waals surface area contributed by atoms with Crippen LogP contribution in [0.5, 0.6) is 0 Å². The smallest absolute Gasteiger partial charge is 0.225 e. The number of hydrogen-bond acceptors (Lipinski definition) is 6. The molecule has 1 aromatic heterocycles. The largest absolute Gasteiger partial charge is 0.387 e. The Labute approximate surface area is 137 Å². The molecule has 2 aliphatic rings. The molecule has 0 amide bonds. The molecule has 0 saturated carbocycles. The lowest BCUT2D eigenvalue weighted by atomic mass is 10.0. The normalized spacial score (nSPS) is 26.0. The van der Waals surface area contributed by atoms with Crippen LogP contribution < -0.4 is 10.2 Å². The molecule has 2 saturated heterocycles. The summed E-state index contributed by atoms with van der Waals surface area (Å²) in [5, 5.41) is 13.6. The van der Waals surface area contributed by atoms with Gasteiger partial charge in [0.15, 0.2) is 0 Å². The molecule has 1 aromatic rings. The summed E-state index contributed by atoms with van der Waals surface area (Å²) in [6, 6.07) is 1.84. The molecule has 0 bridgehead atoms. The number of piperazine rings is 1. The van der Waals surface area contributed by atoms with Gasteiger partial charge in [0.2, 0.25) is 5.95 Å². The fourth-order valence-corrected chi connectivity index (χ4v) is 2.84. The van der Waals surface area contributed by atoms with Crippen LogP contribution in [0.3, 0.4) is 0 Å². The second-order valence-electron chi connectivity index (χ2n) is 5.46. The van der Waals surface area contributed by atoms with Crippen LogP contribution in [-0.4, -0.2) is 71.4 Å². The standard InChI is InChI=1S/C13H21N5O.2ClH/c19-13(2-5-14-10-13)11-17-6-8-18(9-7-17)12-15-3-1-4-16-12;;/h1,3-4,14,19H,2,5-11H2;2*1H. The molecule has 6 nitrogen and oxygen atoms in total. The maximum Gasteiger partial charge on any atom is 0.225 e. The van der Waals surface area contributed by atoms with Crippen molar-refractivity contribution >= 4 is 30.8 Å². The van der Waals surface area contributed by atoms with Crippen LogP contribution in [0.15, 0.2) is 18.5 Å². The lowest BCUT2D eigenvalue weighted by molar-refractivity contribution is 0.0193. The van der Waals surface area contributed by atoms with Crippen LogP contribution >= 0.6 is 24.8 Å². The van der Waals surface area contributed by atoms with Gasteiger partial charge in [-0.25, -0.2) is 9.97 Å². The van der Waals surface area contributed by atoms with Crippen molar-refractivity contribution in [3.63, 3.8) is 0 Å². The highest BCUT2D eigenvalue weighted by atomic mass is 35.5. The topological polar surface area (TPSA) is 64.5 Å². The molecule has 2 fully saturated rings. The molecule has 120 valence electrons. The van der Waals surface area contributed by atoms with Crippen molar-refractivity contribution in [2.24, 2.45) is 0 Å². The van der Waals surface area contributed by atoms with Crippen LogP contribution in [0.2, 0.25) is 0 Å². The van der Waals surface area contributed by atoms with Crippen LogP contribution in [0.4, 0.5) is 5.95 Å². The first kappa shape index (κ1) is 18.4. The first-order chi connectivity index (χ1) is 9.25. The van der Waals surface area contributed by atoms with Gasteiger partial charge in [-0.2, -0.15) is 0 Å². The van der Waals surface area contributed by atoms with Gasteiger partial charge in [-0.3, -0.25) is 4.90 Å². The van der Waals surface area contributed by atoms with Crippen LogP contribution in [0, 0.1) is 0 Å². The van der Waals surface area contributed by atoms with Gasteiger partial charge in [0.1, 0.15) is 0 Å². The van der Waals surface area contributed by atoms with E-state index < -0.39 is 5.60 Å². The summed E-state index contributed by atoms with van der Waals surface area (Å²) >= 11 is 0. The van der Waals surface area contributed by atoms with E-state index in [1.54, 1.807) is 12.4 Å². The fourth-order valence-electron chi connectivity index (χ4n) is 2.84. The lowest BCUT2D eigenvalue weighted by Gasteiger charge is -2.37. The second-order valence-corrected chi connectivity index (χ2v) is 5.46. The summed E-state index contributed by atoms with van der Waals surface area (Å²) in [6.07, 6.45) is 4.41. The molecule has 1 unspecified atom stereocenters. The van der Waals surface area contributed by atoms with E-state index in [1.165, 1.54) is 0 Å². The summed E-state index contributed by atoms with van der Waals surface area (Å²) < 4.78 is 0. The van der Waals surface area contributed by atoms with E-state index in [9.17, 15) is 5.11 Å². The minimum absolute atomic E-state index is 0. The Morgan fingerprint density at radius 1 is 1.14 bits per heavy atom. The highest BCUT2D eigenvalue weighted by molar-refractivity contribution is 5.85. The van der Waals surface area contributed by atoms with E-state index in [2.05, 4.69) is 25.1 Å². The molecule has 21 heavy (non-hydrogen) atoms. The van der Waals surface area contributed by atoms with Gasteiger partial charge in [0.05, 0.1) is 5.60 Å². The SMILES string of the molecule is Cl.Cl.OC1(CN2CCN(c3ncccn3)CC2)CCNC1. The third-order valence-corrected chi connectivity index (χ3v) is 3.95. The number of anilines is 1. The Balaban J connectivity index is 0.00000110. The molecule has 0 aromatic carbocycles. The quantitative estimate of drug-likeness (QED) is 0.820. The summed E-state index contributed by atoms with van der Waals surface area (Å²) in [5.74, 6) is 0.809. The molecule has 0 spiro atoms. The Hall–Kier alpha value is -0.660. The Bertz CT molecular complexity index is 408. The van der Waals surface area contributed by atoms with Gasteiger partial charge >= 0.3 is 0 Å². The van der Waals surface area contributed by atoms with E-state index in [0.717, 1.165) is 58.2 Å². The summed E-state index contributed by atoms with van der Waals surface area (Å²) in [5.41, 5.74) is -0.536. The summed E-state index contributed by atoms with van der Waals surface area (Å²) in [6.45, 7) is 6.18. The second kappa shape index (κ2) is 8.10. The van der Waals surface area contributed by atoms with E-state index >= 15 is 0 Å². The Morgan fingerprint density at radius 2 is 1.81 bits per heavy atom. The zero-order valence-corrected chi connectivity index (χ0v) is 13.6. The number of aromatic nitrogens is 2. The lowest BCUT2D eigenvalue weighted by Crippen LogP contribution is -2.53. The maximum absolute atomic E-state index is 10.4.